The molecule has 0 fully saturated rings. The molecule has 25 heavy (non-hydrogen) atoms. The fourth-order valence-corrected chi connectivity index (χ4v) is 2.50. The first-order valence-corrected chi connectivity index (χ1v) is 7.64. The van der Waals surface area contributed by atoms with Crippen LogP contribution in [0.2, 0.25) is 0 Å². The number of halogens is 2. The topological polar surface area (TPSA) is 51.0 Å². The van der Waals surface area contributed by atoms with Crippen LogP contribution in [0.1, 0.15) is 28.9 Å². The molecule has 0 spiro atoms. The van der Waals surface area contributed by atoms with Gasteiger partial charge in [-0.25, -0.2) is 18.4 Å². The molecule has 0 bridgehead atoms. The Balaban J connectivity index is 1.79. The summed E-state index contributed by atoms with van der Waals surface area (Å²) in [5, 5.41) is 4.05. The Morgan fingerprint density at radius 2 is 1.88 bits per heavy atom. The zero-order chi connectivity index (χ0) is 18.0. The van der Waals surface area contributed by atoms with Crippen molar-refractivity contribution in [1.82, 2.24) is 19.7 Å². The van der Waals surface area contributed by atoms with Crippen LogP contribution in [-0.2, 0) is 0 Å². The minimum absolute atomic E-state index is 0.157. The summed E-state index contributed by atoms with van der Waals surface area (Å²) < 4.78 is 28.5. The van der Waals surface area contributed by atoms with Crippen LogP contribution in [0.3, 0.4) is 0 Å². The molecule has 0 aliphatic heterocycles. The minimum atomic E-state index is -0.870. The summed E-state index contributed by atoms with van der Waals surface area (Å²) in [6.45, 7) is 1.84. The van der Waals surface area contributed by atoms with E-state index in [1.54, 1.807) is 18.1 Å². The molecule has 1 aromatic heterocycles. The van der Waals surface area contributed by atoms with E-state index in [1.807, 2.05) is 31.2 Å². The van der Waals surface area contributed by atoms with Crippen LogP contribution >= 0.6 is 0 Å². The number of hydrogen-bond acceptors (Lipinski definition) is 3. The van der Waals surface area contributed by atoms with Gasteiger partial charge in [0.1, 0.15) is 24.3 Å². The molecule has 0 aliphatic carbocycles. The molecule has 3 rings (SSSR count). The quantitative estimate of drug-likeness (QED) is 0.730. The predicted molar refractivity (Wildman–Crippen MR) is 88.2 cm³/mol. The van der Waals surface area contributed by atoms with E-state index >= 15 is 0 Å². The van der Waals surface area contributed by atoms with Crippen molar-refractivity contribution >= 4 is 5.91 Å². The number of hydrogen-bond donors (Lipinski definition) is 0. The van der Waals surface area contributed by atoms with E-state index in [2.05, 4.69) is 10.1 Å². The molecule has 0 aliphatic rings. The summed E-state index contributed by atoms with van der Waals surface area (Å²) in [6, 6.07) is 10.1. The maximum atomic E-state index is 13.8. The summed E-state index contributed by atoms with van der Waals surface area (Å²) in [5.41, 5.74) is 1.56. The maximum Gasteiger partial charge on any atom is 0.257 e. The van der Waals surface area contributed by atoms with Crippen molar-refractivity contribution in [2.45, 2.75) is 13.0 Å². The first-order chi connectivity index (χ1) is 12.0. The van der Waals surface area contributed by atoms with E-state index in [4.69, 9.17) is 0 Å². The van der Waals surface area contributed by atoms with Crippen molar-refractivity contribution < 1.29 is 13.6 Å². The van der Waals surface area contributed by atoms with Crippen molar-refractivity contribution in [1.29, 1.82) is 0 Å². The van der Waals surface area contributed by atoms with Gasteiger partial charge < -0.3 is 4.90 Å². The lowest BCUT2D eigenvalue weighted by Gasteiger charge is -2.25. The van der Waals surface area contributed by atoms with Gasteiger partial charge in [0.2, 0.25) is 0 Å². The van der Waals surface area contributed by atoms with Crippen molar-refractivity contribution in [3.05, 3.63) is 77.9 Å². The Morgan fingerprint density at radius 1 is 1.16 bits per heavy atom. The molecule has 5 nitrogen and oxygen atoms in total. The SMILES string of the molecule is CC(c1ccc(-n2cncn2)cc1)N(C)C(=O)c1ccc(F)cc1F. The fourth-order valence-electron chi connectivity index (χ4n) is 2.50. The molecule has 2 aromatic carbocycles. The van der Waals surface area contributed by atoms with Gasteiger partial charge in [-0.1, -0.05) is 12.1 Å². The lowest BCUT2D eigenvalue weighted by molar-refractivity contribution is 0.0738. The van der Waals surface area contributed by atoms with E-state index in [0.29, 0.717) is 6.07 Å². The first kappa shape index (κ1) is 16.8. The van der Waals surface area contributed by atoms with Crippen molar-refractivity contribution in [3.63, 3.8) is 0 Å². The normalized spacial score (nSPS) is 12.0. The lowest BCUT2D eigenvalue weighted by atomic mass is 10.1. The summed E-state index contributed by atoms with van der Waals surface area (Å²) in [7, 11) is 1.58. The molecular weight excluding hydrogens is 326 g/mol. The van der Waals surface area contributed by atoms with Crippen LogP contribution < -0.4 is 0 Å². The summed E-state index contributed by atoms with van der Waals surface area (Å²) >= 11 is 0. The van der Waals surface area contributed by atoms with Crippen molar-refractivity contribution in [2.24, 2.45) is 0 Å². The fraction of sp³-hybridized carbons (Fsp3) is 0.167. The molecule has 0 N–H and O–H groups in total. The molecule has 1 amide bonds. The second kappa shape index (κ2) is 6.80. The highest BCUT2D eigenvalue weighted by atomic mass is 19.1. The number of carbonyl (C=O) groups is 1. The van der Waals surface area contributed by atoms with Crippen LogP contribution in [0.4, 0.5) is 8.78 Å². The van der Waals surface area contributed by atoms with E-state index in [9.17, 15) is 13.6 Å². The van der Waals surface area contributed by atoms with Crippen LogP contribution in [0.15, 0.2) is 55.1 Å². The number of rotatable bonds is 4. The van der Waals surface area contributed by atoms with Crippen molar-refractivity contribution in [2.75, 3.05) is 7.05 Å². The number of nitrogens with zero attached hydrogens (tertiary/aromatic N) is 4. The van der Waals surface area contributed by atoms with Crippen LogP contribution in [-0.4, -0.2) is 32.6 Å². The third-order valence-corrected chi connectivity index (χ3v) is 4.12. The summed E-state index contributed by atoms with van der Waals surface area (Å²) in [5.74, 6) is -2.09. The Morgan fingerprint density at radius 3 is 2.48 bits per heavy atom. The highest BCUT2D eigenvalue weighted by molar-refractivity contribution is 5.94. The molecule has 1 unspecified atom stereocenters. The molecule has 1 atom stereocenters. The average Bonchev–Trinajstić information content (AvgIpc) is 3.15. The third-order valence-electron chi connectivity index (χ3n) is 4.12. The molecule has 0 saturated heterocycles. The van der Waals surface area contributed by atoms with Gasteiger partial charge in [0, 0.05) is 13.1 Å². The molecular formula is C18H16F2N4O. The maximum absolute atomic E-state index is 13.8. The highest BCUT2D eigenvalue weighted by Crippen LogP contribution is 2.23. The highest BCUT2D eigenvalue weighted by Gasteiger charge is 2.22. The van der Waals surface area contributed by atoms with Gasteiger partial charge in [-0.2, -0.15) is 5.10 Å². The van der Waals surface area contributed by atoms with Gasteiger partial charge in [-0.3, -0.25) is 4.79 Å². The molecule has 128 valence electrons. The monoisotopic (exact) mass is 342 g/mol. The molecule has 0 saturated carbocycles. The van der Waals surface area contributed by atoms with E-state index in [-0.39, 0.29) is 11.6 Å². The zero-order valence-electron chi connectivity index (χ0n) is 13.7. The molecule has 1 heterocycles. The van der Waals surface area contributed by atoms with Gasteiger partial charge in [0.15, 0.2) is 0 Å². The number of aromatic nitrogens is 3. The Kier molecular flexibility index (Phi) is 4.56. The van der Waals surface area contributed by atoms with E-state index in [1.165, 1.54) is 11.2 Å². The number of carbonyl (C=O) groups excluding carboxylic acids is 1. The minimum Gasteiger partial charge on any atom is -0.335 e. The smallest absolute Gasteiger partial charge is 0.257 e. The standard InChI is InChI=1S/C18H16F2N4O/c1-12(13-3-6-15(7-4-13)24-11-21-10-22-24)23(2)18(25)16-8-5-14(19)9-17(16)20/h3-12H,1-2H3. The van der Waals surface area contributed by atoms with Gasteiger partial charge in [0.25, 0.3) is 5.91 Å². The van der Waals surface area contributed by atoms with Gasteiger partial charge in [-0.05, 0) is 36.8 Å². The summed E-state index contributed by atoms with van der Waals surface area (Å²) in [4.78, 5) is 17.8. The van der Waals surface area contributed by atoms with Crippen LogP contribution in [0, 0.1) is 11.6 Å². The third kappa shape index (κ3) is 3.40. The second-order valence-electron chi connectivity index (χ2n) is 5.65. The predicted octanol–water partition coefficient (Wildman–Crippen LogP) is 3.38. The number of benzene rings is 2. The first-order valence-electron chi connectivity index (χ1n) is 7.64. The van der Waals surface area contributed by atoms with Gasteiger partial charge >= 0.3 is 0 Å². The zero-order valence-corrected chi connectivity index (χ0v) is 13.7. The van der Waals surface area contributed by atoms with Crippen molar-refractivity contribution in [3.8, 4) is 5.69 Å². The molecule has 0 radical (unpaired) electrons. The second-order valence-corrected chi connectivity index (χ2v) is 5.65. The van der Waals surface area contributed by atoms with Gasteiger partial charge in [0.05, 0.1) is 17.3 Å². The Labute approximate surface area is 143 Å². The Hall–Kier alpha value is -3.09. The summed E-state index contributed by atoms with van der Waals surface area (Å²) in [6.07, 6.45) is 3.03. The van der Waals surface area contributed by atoms with E-state index in [0.717, 1.165) is 23.4 Å². The average molecular weight is 342 g/mol. The van der Waals surface area contributed by atoms with Crippen LogP contribution in [0.5, 0.6) is 0 Å². The lowest BCUT2D eigenvalue weighted by Crippen LogP contribution is -2.30. The van der Waals surface area contributed by atoms with E-state index < -0.39 is 17.5 Å². The number of amides is 1. The van der Waals surface area contributed by atoms with Gasteiger partial charge in [-0.15, -0.1) is 0 Å². The largest absolute Gasteiger partial charge is 0.335 e. The Bertz CT molecular complexity index is 879. The molecule has 7 heteroatoms. The van der Waals surface area contributed by atoms with Crippen LogP contribution in [0.25, 0.3) is 5.69 Å². The molecule has 3 aromatic rings.